The fourth-order valence-corrected chi connectivity index (χ4v) is 2.02. The molecule has 0 bridgehead atoms. The number of hydrogen-bond donors (Lipinski definition) is 2. The lowest BCUT2D eigenvalue weighted by Gasteiger charge is -2.10. The normalized spacial score (nSPS) is 10.6. The molecule has 2 N–H and O–H groups in total. The molecule has 1 heterocycles. The van der Waals surface area contributed by atoms with E-state index in [0.717, 1.165) is 11.3 Å². The molecule has 0 unspecified atom stereocenters. The molecular formula is C18H18N4O2. The van der Waals surface area contributed by atoms with Crippen molar-refractivity contribution in [3.05, 3.63) is 65.6 Å². The van der Waals surface area contributed by atoms with E-state index in [9.17, 15) is 10.1 Å². The molecule has 1 aromatic heterocycles. The maximum Gasteiger partial charge on any atom is 0.267 e. The molecular weight excluding hydrogens is 304 g/mol. The summed E-state index contributed by atoms with van der Waals surface area (Å²) in [4.78, 5) is 16.4. The van der Waals surface area contributed by atoms with Crippen molar-refractivity contribution >= 4 is 11.6 Å². The van der Waals surface area contributed by atoms with Crippen molar-refractivity contribution in [1.29, 1.82) is 5.26 Å². The Bertz CT molecular complexity index is 779. The molecule has 0 atom stereocenters. The maximum atomic E-state index is 12.3. The van der Waals surface area contributed by atoms with Crippen molar-refractivity contribution in [1.82, 2.24) is 10.3 Å². The summed E-state index contributed by atoms with van der Waals surface area (Å²) in [5.74, 6) is 0.0302. The van der Waals surface area contributed by atoms with Gasteiger partial charge >= 0.3 is 0 Å². The topological polar surface area (TPSA) is 87.0 Å². The minimum Gasteiger partial charge on any atom is -0.495 e. The number of nitriles is 1. The number of rotatable bonds is 6. The van der Waals surface area contributed by atoms with Crippen LogP contribution in [0.4, 0.5) is 5.69 Å². The highest BCUT2D eigenvalue weighted by molar-refractivity contribution is 6.07. The summed E-state index contributed by atoms with van der Waals surface area (Å²) >= 11 is 0. The van der Waals surface area contributed by atoms with Crippen molar-refractivity contribution in [2.24, 2.45) is 0 Å². The number of carbonyl (C=O) groups excluding carboxylic acids is 1. The first kappa shape index (κ1) is 17.0. The van der Waals surface area contributed by atoms with E-state index < -0.39 is 5.91 Å². The van der Waals surface area contributed by atoms with Crippen LogP contribution in [0.5, 0.6) is 5.75 Å². The van der Waals surface area contributed by atoms with E-state index in [1.54, 1.807) is 18.3 Å². The first-order chi connectivity index (χ1) is 11.6. The van der Waals surface area contributed by atoms with Crippen molar-refractivity contribution in [3.8, 4) is 11.8 Å². The average Bonchev–Trinajstić information content (AvgIpc) is 2.60. The van der Waals surface area contributed by atoms with Gasteiger partial charge in [0.2, 0.25) is 0 Å². The number of aromatic nitrogens is 1. The predicted octanol–water partition coefficient (Wildman–Crippen LogP) is 2.53. The standard InChI is InChI=1S/C18H18N4O2/c1-13-6-7-17(24-2)16(9-13)22-18(23)14(10-19)11-20-12-15-5-3-4-8-21-15/h3-9,11,20H,12H2,1-2H3,(H,22,23)/b14-11-. The Balaban J connectivity index is 2.05. The number of amides is 1. The maximum absolute atomic E-state index is 12.3. The van der Waals surface area contributed by atoms with E-state index in [4.69, 9.17) is 4.74 Å². The zero-order valence-electron chi connectivity index (χ0n) is 13.5. The van der Waals surface area contributed by atoms with Gasteiger partial charge in [-0.25, -0.2) is 0 Å². The van der Waals surface area contributed by atoms with Gasteiger partial charge < -0.3 is 15.4 Å². The SMILES string of the molecule is COc1ccc(C)cc1NC(=O)/C(C#N)=C\NCc1ccccn1. The lowest BCUT2D eigenvalue weighted by Crippen LogP contribution is -2.17. The highest BCUT2D eigenvalue weighted by Gasteiger charge is 2.12. The number of aryl methyl sites for hydroxylation is 1. The lowest BCUT2D eigenvalue weighted by atomic mass is 10.2. The van der Waals surface area contributed by atoms with Gasteiger partial charge in [0.05, 0.1) is 25.0 Å². The molecule has 122 valence electrons. The van der Waals surface area contributed by atoms with E-state index in [1.807, 2.05) is 37.3 Å². The summed E-state index contributed by atoms with van der Waals surface area (Å²) in [5, 5.41) is 14.8. The molecule has 0 aliphatic heterocycles. The summed E-state index contributed by atoms with van der Waals surface area (Å²) in [6.45, 7) is 2.33. The molecule has 0 aliphatic rings. The Kier molecular flexibility index (Phi) is 5.92. The van der Waals surface area contributed by atoms with Crippen molar-refractivity contribution < 1.29 is 9.53 Å². The monoisotopic (exact) mass is 322 g/mol. The molecule has 24 heavy (non-hydrogen) atoms. The van der Waals surface area contributed by atoms with Gasteiger partial charge in [0.1, 0.15) is 17.4 Å². The number of anilines is 1. The quantitative estimate of drug-likeness (QED) is 0.630. The van der Waals surface area contributed by atoms with Crippen LogP contribution in [-0.2, 0) is 11.3 Å². The third-order valence-corrected chi connectivity index (χ3v) is 3.22. The number of carbonyl (C=O) groups is 1. The van der Waals surface area contributed by atoms with Gasteiger partial charge in [0.15, 0.2) is 0 Å². The highest BCUT2D eigenvalue weighted by Crippen LogP contribution is 2.25. The number of pyridine rings is 1. The van der Waals surface area contributed by atoms with E-state index in [2.05, 4.69) is 15.6 Å². The smallest absolute Gasteiger partial charge is 0.267 e. The zero-order valence-corrected chi connectivity index (χ0v) is 13.5. The zero-order chi connectivity index (χ0) is 17.4. The van der Waals surface area contributed by atoms with Crippen LogP contribution in [0.3, 0.4) is 0 Å². The van der Waals surface area contributed by atoms with Gasteiger partial charge in [-0.15, -0.1) is 0 Å². The summed E-state index contributed by atoms with van der Waals surface area (Å²) in [7, 11) is 1.52. The van der Waals surface area contributed by atoms with Gasteiger partial charge in [-0.1, -0.05) is 12.1 Å². The molecule has 2 rings (SSSR count). The number of hydrogen-bond acceptors (Lipinski definition) is 5. The average molecular weight is 322 g/mol. The molecule has 6 nitrogen and oxygen atoms in total. The minimum absolute atomic E-state index is 0.0329. The second kappa shape index (κ2) is 8.34. The van der Waals surface area contributed by atoms with Crippen molar-refractivity contribution in [2.45, 2.75) is 13.5 Å². The van der Waals surface area contributed by atoms with Crippen LogP contribution >= 0.6 is 0 Å². The Hall–Kier alpha value is -3.33. The largest absolute Gasteiger partial charge is 0.495 e. The number of ether oxygens (including phenoxy) is 1. The second-order valence-corrected chi connectivity index (χ2v) is 5.03. The molecule has 0 saturated carbocycles. The second-order valence-electron chi connectivity index (χ2n) is 5.03. The highest BCUT2D eigenvalue weighted by atomic mass is 16.5. The first-order valence-corrected chi connectivity index (χ1v) is 7.33. The Morgan fingerprint density at radius 1 is 1.38 bits per heavy atom. The predicted molar refractivity (Wildman–Crippen MR) is 91.1 cm³/mol. The first-order valence-electron chi connectivity index (χ1n) is 7.33. The fourth-order valence-electron chi connectivity index (χ4n) is 2.02. The third kappa shape index (κ3) is 4.58. The molecule has 0 aliphatic carbocycles. The fraction of sp³-hybridized carbons (Fsp3) is 0.167. The summed E-state index contributed by atoms with van der Waals surface area (Å²) < 4.78 is 5.21. The molecule has 0 fully saturated rings. The number of nitrogens with one attached hydrogen (secondary N) is 2. The lowest BCUT2D eigenvalue weighted by molar-refractivity contribution is -0.112. The van der Waals surface area contributed by atoms with Crippen LogP contribution in [0.25, 0.3) is 0 Å². The third-order valence-electron chi connectivity index (χ3n) is 3.22. The Morgan fingerprint density at radius 3 is 2.88 bits per heavy atom. The van der Waals surface area contributed by atoms with Crippen molar-refractivity contribution in [2.75, 3.05) is 12.4 Å². The van der Waals surface area contributed by atoms with Gasteiger partial charge in [-0.2, -0.15) is 5.26 Å². The van der Waals surface area contributed by atoms with Gasteiger partial charge in [-0.3, -0.25) is 9.78 Å². The number of nitrogens with zero attached hydrogens (tertiary/aromatic N) is 2. The number of methoxy groups -OCH3 is 1. The molecule has 0 radical (unpaired) electrons. The molecule has 1 amide bonds. The Morgan fingerprint density at radius 2 is 2.21 bits per heavy atom. The van der Waals surface area contributed by atoms with Crippen LogP contribution in [0.15, 0.2) is 54.4 Å². The molecule has 2 aromatic rings. The van der Waals surface area contributed by atoms with E-state index in [-0.39, 0.29) is 5.57 Å². The molecule has 0 saturated heterocycles. The van der Waals surface area contributed by atoms with Crippen LogP contribution < -0.4 is 15.4 Å². The van der Waals surface area contributed by atoms with Gasteiger partial charge in [-0.05, 0) is 36.8 Å². The Labute approximate surface area is 140 Å². The molecule has 6 heteroatoms. The van der Waals surface area contributed by atoms with Gasteiger partial charge in [0.25, 0.3) is 5.91 Å². The summed E-state index contributed by atoms with van der Waals surface area (Å²) in [6.07, 6.45) is 3.06. The summed E-state index contributed by atoms with van der Waals surface area (Å²) in [5.41, 5.74) is 2.27. The summed E-state index contributed by atoms with van der Waals surface area (Å²) in [6, 6.07) is 12.9. The van der Waals surface area contributed by atoms with Crippen LogP contribution in [-0.4, -0.2) is 18.0 Å². The van der Waals surface area contributed by atoms with Crippen LogP contribution in [0, 0.1) is 18.3 Å². The van der Waals surface area contributed by atoms with E-state index in [0.29, 0.717) is 18.0 Å². The van der Waals surface area contributed by atoms with E-state index in [1.165, 1.54) is 13.3 Å². The van der Waals surface area contributed by atoms with Crippen molar-refractivity contribution in [3.63, 3.8) is 0 Å². The number of benzene rings is 1. The van der Waals surface area contributed by atoms with E-state index >= 15 is 0 Å². The molecule has 0 spiro atoms. The van der Waals surface area contributed by atoms with Crippen LogP contribution in [0.1, 0.15) is 11.3 Å². The molecule has 1 aromatic carbocycles. The van der Waals surface area contributed by atoms with Crippen LogP contribution in [0.2, 0.25) is 0 Å². The van der Waals surface area contributed by atoms with Gasteiger partial charge in [0, 0.05) is 12.4 Å². The minimum atomic E-state index is -0.505.